The van der Waals surface area contributed by atoms with Crippen LogP contribution in [0.4, 0.5) is 0 Å². The van der Waals surface area contributed by atoms with E-state index >= 15 is 0 Å². The summed E-state index contributed by atoms with van der Waals surface area (Å²) in [4.78, 5) is 16.6. The number of ether oxygens (including phenoxy) is 2. The van der Waals surface area contributed by atoms with E-state index in [-0.39, 0.29) is 13.0 Å². The molecular weight excluding hydrogens is 346 g/mol. The van der Waals surface area contributed by atoms with Gasteiger partial charge in [0.1, 0.15) is 11.9 Å². The van der Waals surface area contributed by atoms with Crippen LogP contribution in [0, 0.1) is 0 Å². The van der Waals surface area contributed by atoms with E-state index in [4.69, 9.17) is 14.6 Å². The van der Waals surface area contributed by atoms with Crippen LogP contribution in [-0.4, -0.2) is 46.9 Å². The molecule has 27 heavy (non-hydrogen) atoms. The van der Waals surface area contributed by atoms with Crippen LogP contribution in [0.1, 0.15) is 24.5 Å². The first kappa shape index (κ1) is 18.9. The predicted molar refractivity (Wildman–Crippen MR) is 101 cm³/mol. The molecule has 2 aromatic rings. The second-order valence-corrected chi connectivity index (χ2v) is 6.52. The summed E-state index contributed by atoms with van der Waals surface area (Å²) in [5, 5.41) is 18.7. The molecule has 0 amide bonds. The average Bonchev–Trinajstić information content (AvgIpc) is 3.01. The molecule has 0 spiro atoms. The number of aliphatic hydroxyl groups excluding tert-OH is 1. The number of hydrogen-bond donors (Lipinski definition) is 2. The lowest BCUT2D eigenvalue weighted by atomic mass is 9.87. The molecule has 0 saturated heterocycles. The number of aliphatic carboxylic acids is 1. The van der Waals surface area contributed by atoms with Gasteiger partial charge in [0, 0.05) is 25.0 Å². The topological polar surface area (TPSA) is 88.4 Å². The number of carboxylic acids is 1. The van der Waals surface area contributed by atoms with Crippen LogP contribution in [0.5, 0.6) is 5.75 Å². The molecule has 0 aromatic heterocycles. The third-order valence-electron chi connectivity index (χ3n) is 4.62. The molecule has 0 fully saturated rings. The molecule has 0 saturated carbocycles. The Kier molecular flexibility index (Phi) is 5.76. The van der Waals surface area contributed by atoms with E-state index < -0.39 is 17.6 Å². The van der Waals surface area contributed by atoms with E-state index in [0.29, 0.717) is 30.2 Å². The Morgan fingerprint density at radius 2 is 1.89 bits per heavy atom. The highest BCUT2D eigenvalue weighted by atomic mass is 16.5. The molecule has 3 rings (SSSR count). The van der Waals surface area contributed by atoms with Gasteiger partial charge in [-0.1, -0.05) is 30.3 Å². The molecule has 0 radical (unpaired) electrons. The Morgan fingerprint density at radius 1 is 1.19 bits per heavy atom. The second kappa shape index (κ2) is 8.22. The van der Waals surface area contributed by atoms with E-state index in [2.05, 4.69) is 4.99 Å². The molecule has 0 bridgehead atoms. The fourth-order valence-corrected chi connectivity index (χ4v) is 3.03. The first-order valence-electron chi connectivity index (χ1n) is 8.93. The maximum Gasteiger partial charge on any atom is 0.335 e. The fourth-order valence-electron chi connectivity index (χ4n) is 3.03. The quantitative estimate of drug-likeness (QED) is 0.699. The van der Waals surface area contributed by atoms with E-state index in [1.807, 2.05) is 30.3 Å². The molecule has 2 aromatic carbocycles. The van der Waals surface area contributed by atoms with Crippen LogP contribution in [0.2, 0.25) is 0 Å². The summed E-state index contributed by atoms with van der Waals surface area (Å²) < 4.78 is 11.3. The smallest absolute Gasteiger partial charge is 0.335 e. The van der Waals surface area contributed by atoms with E-state index in [1.165, 1.54) is 0 Å². The first-order chi connectivity index (χ1) is 13.0. The number of benzene rings is 2. The number of nitrogens with zero attached hydrogens (tertiary/aromatic N) is 1. The van der Waals surface area contributed by atoms with Gasteiger partial charge < -0.3 is 19.7 Å². The maximum atomic E-state index is 12.1. The van der Waals surface area contributed by atoms with Gasteiger partial charge in [-0.3, -0.25) is 0 Å². The number of rotatable bonds is 8. The van der Waals surface area contributed by atoms with Crippen molar-refractivity contribution in [3.63, 3.8) is 0 Å². The summed E-state index contributed by atoms with van der Waals surface area (Å²) in [6.07, 6.45) is 0.233. The molecule has 0 unspecified atom stereocenters. The van der Waals surface area contributed by atoms with Gasteiger partial charge in [-0.25, -0.2) is 9.79 Å². The van der Waals surface area contributed by atoms with Gasteiger partial charge >= 0.3 is 5.97 Å². The highest BCUT2D eigenvalue weighted by Gasteiger charge is 2.50. The lowest BCUT2D eigenvalue weighted by molar-refractivity contribution is -0.145. The van der Waals surface area contributed by atoms with Gasteiger partial charge in [-0.15, -0.1) is 0 Å². The third kappa shape index (κ3) is 4.11. The standard InChI is InChI=1S/C21H23NO5/c1-15-21(20(24)25,14-16-6-3-2-4-7-16)22-19(27-15)17-8-10-18(11-9-17)26-13-5-12-23/h2-4,6-11,15,23H,5,12-14H2,1H3,(H,24,25)/t15-,21-/m1/s1. The van der Waals surface area contributed by atoms with Gasteiger partial charge in [0.05, 0.1) is 6.61 Å². The first-order valence-corrected chi connectivity index (χ1v) is 8.93. The molecule has 2 N–H and O–H groups in total. The summed E-state index contributed by atoms with van der Waals surface area (Å²) in [7, 11) is 0. The largest absolute Gasteiger partial charge is 0.494 e. The van der Waals surface area contributed by atoms with Crippen molar-refractivity contribution < 1.29 is 24.5 Å². The van der Waals surface area contributed by atoms with Crippen LogP contribution in [-0.2, 0) is 16.0 Å². The number of hydrogen-bond acceptors (Lipinski definition) is 5. The van der Waals surface area contributed by atoms with Gasteiger partial charge in [0.15, 0.2) is 0 Å². The number of carboxylic acid groups (broad SMARTS) is 1. The Bertz CT molecular complexity index is 803. The Morgan fingerprint density at radius 3 is 2.52 bits per heavy atom. The normalized spacial score (nSPS) is 21.4. The Balaban J connectivity index is 1.82. The lowest BCUT2D eigenvalue weighted by Crippen LogP contribution is -2.46. The molecule has 1 aliphatic heterocycles. The molecular formula is C21H23NO5. The number of aliphatic hydroxyl groups is 1. The summed E-state index contributed by atoms with van der Waals surface area (Å²) in [5.41, 5.74) is 0.244. The lowest BCUT2D eigenvalue weighted by Gasteiger charge is -2.24. The van der Waals surface area contributed by atoms with Gasteiger partial charge in [-0.2, -0.15) is 0 Å². The van der Waals surface area contributed by atoms with Crippen molar-refractivity contribution in [3.05, 3.63) is 65.7 Å². The summed E-state index contributed by atoms with van der Waals surface area (Å²) in [6, 6.07) is 16.6. The summed E-state index contributed by atoms with van der Waals surface area (Å²) >= 11 is 0. The molecule has 1 heterocycles. The second-order valence-electron chi connectivity index (χ2n) is 6.52. The third-order valence-corrected chi connectivity index (χ3v) is 4.62. The zero-order valence-corrected chi connectivity index (χ0v) is 15.2. The van der Waals surface area contributed by atoms with Crippen molar-refractivity contribution in [1.29, 1.82) is 0 Å². The van der Waals surface area contributed by atoms with Crippen molar-refractivity contribution in [2.75, 3.05) is 13.2 Å². The van der Waals surface area contributed by atoms with E-state index in [1.54, 1.807) is 31.2 Å². The Labute approximate surface area is 158 Å². The van der Waals surface area contributed by atoms with Crippen molar-refractivity contribution in [2.24, 2.45) is 4.99 Å². The highest BCUT2D eigenvalue weighted by Crippen LogP contribution is 2.32. The monoisotopic (exact) mass is 369 g/mol. The van der Waals surface area contributed by atoms with Crippen molar-refractivity contribution in [3.8, 4) is 5.75 Å². The molecule has 6 heteroatoms. The highest BCUT2D eigenvalue weighted by molar-refractivity contribution is 5.99. The summed E-state index contributed by atoms with van der Waals surface area (Å²) in [5.74, 6) is -0.00632. The van der Waals surface area contributed by atoms with Crippen molar-refractivity contribution in [2.45, 2.75) is 31.4 Å². The zero-order valence-electron chi connectivity index (χ0n) is 15.2. The van der Waals surface area contributed by atoms with Gasteiger partial charge in [0.2, 0.25) is 11.4 Å². The summed E-state index contributed by atoms with van der Waals surface area (Å²) in [6.45, 7) is 2.25. The molecule has 6 nitrogen and oxygen atoms in total. The number of carbonyl (C=O) groups is 1. The van der Waals surface area contributed by atoms with Gasteiger partial charge in [0.25, 0.3) is 0 Å². The molecule has 0 aliphatic carbocycles. The maximum absolute atomic E-state index is 12.1. The fraction of sp³-hybridized carbons (Fsp3) is 0.333. The van der Waals surface area contributed by atoms with Crippen LogP contribution in [0.25, 0.3) is 0 Å². The van der Waals surface area contributed by atoms with Crippen LogP contribution in [0.15, 0.2) is 59.6 Å². The minimum Gasteiger partial charge on any atom is -0.494 e. The molecule has 2 atom stereocenters. The molecule has 142 valence electrons. The van der Waals surface area contributed by atoms with E-state index in [0.717, 1.165) is 5.56 Å². The van der Waals surface area contributed by atoms with Gasteiger partial charge in [-0.05, 0) is 36.8 Å². The average molecular weight is 369 g/mol. The molecule has 1 aliphatic rings. The van der Waals surface area contributed by atoms with Crippen LogP contribution in [0.3, 0.4) is 0 Å². The van der Waals surface area contributed by atoms with Crippen LogP contribution >= 0.6 is 0 Å². The Hall–Kier alpha value is -2.86. The zero-order chi connectivity index (χ0) is 19.3. The van der Waals surface area contributed by atoms with Crippen molar-refractivity contribution >= 4 is 11.9 Å². The van der Waals surface area contributed by atoms with Crippen LogP contribution < -0.4 is 4.74 Å². The number of aliphatic imine (C=N–C) groups is 1. The minimum absolute atomic E-state index is 0.0826. The van der Waals surface area contributed by atoms with E-state index in [9.17, 15) is 9.90 Å². The predicted octanol–water partition coefficient (Wildman–Crippen LogP) is 2.68. The minimum atomic E-state index is -1.35. The van der Waals surface area contributed by atoms with Crippen molar-refractivity contribution in [1.82, 2.24) is 0 Å². The SMILES string of the molecule is C[C@H]1OC(c2ccc(OCCCO)cc2)=N[C@@]1(Cc1ccccc1)C(=O)O.